The van der Waals surface area contributed by atoms with Gasteiger partial charge in [0.1, 0.15) is 6.10 Å². The van der Waals surface area contributed by atoms with Gasteiger partial charge in [-0.25, -0.2) is 4.79 Å². The van der Waals surface area contributed by atoms with Crippen molar-refractivity contribution in [1.29, 1.82) is 0 Å². The van der Waals surface area contributed by atoms with Crippen molar-refractivity contribution in [2.75, 3.05) is 20.3 Å². The number of hydrogen-bond donors (Lipinski definition) is 1. The zero-order valence-corrected chi connectivity index (χ0v) is 21.6. The Morgan fingerprint density at radius 3 is 2.20 bits per heavy atom. The highest BCUT2D eigenvalue weighted by molar-refractivity contribution is 5.95. The molecule has 2 aromatic rings. The van der Waals surface area contributed by atoms with Crippen molar-refractivity contribution < 1.29 is 49.9 Å². The maximum Gasteiger partial charge on any atom is 0.490 e. The summed E-state index contributed by atoms with van der Waals surface area (Å²) in [5.41, 5.74) is -0.133. The Hall–Kier alpha value is -3.13. The number of alkyl halides is 6. The second-order valence-corrected chi connectivity index (χ2v) is 10.0. The standard InChI is InChI=1S/C26H29F6N3O5/c1-35(18-10-12-38-13-11-18)14-20-21(34-40-22(20)15-2-4-16(5-3-15)25(27,28)29)23(36)33-17-6-8-19(9-7-17)39-24(37)26(30,31)32/h2-5,17-19H,6-14H2,1H3,(H,33,36)/t17-,19-. The molecule has 1 saturated heterocycles. The monoisotopic (exact) mass is 577 g/mol. The molecule has 0 unspecified atom stereocenters. The van der Waals surface area contributed by atoms with Crippen LogP contribution in [-0.2, 0) is 27.0 Å². The Balaban J connectivity index is 1.49. The summed E-state index contributed by atoms with van der Waals surface area (Å²) in [5, 5.41) is 6.77. The van der Waals surface area contributed by atoms with Crippen molar-refractivity contribution in [1.82, 2.24) is 15.4 Å². The Kier molecular flexibility index (Phi) is 9.08. The van der Waals surface area contributed by atoms with Crippen LogP contribution in [0.25, 0.3) is 11.3 Å². The maximum absolute atomic E-state index is 13.3. The molecule has 220 valence electrons. The minimum absolute atomic E-state index is 0.0283. The van der Waals surface area contributed by atoms with E-state index in [0.29, 0.717) is 24.3 Å². The van der Waals surface area contributed by atoms with Gasteiger partial charge in [0, 0.05) is 43.0 Å². The number of halogens is 6. The Labute approximate surface area is 225 Å². The first kappa shape index (κ1) is 29.8. The predicted octanol–water partition coefficient (Wildman–Crippen LogP) is 5.12. The number of esters is 1. The van der Waals surface area contributed by atoms with E-state index < -0.39 is 41.9 Å². The number of ether oxygens (including phenoxy) is 2. The lowest BCUT2D eigenvalue weighted by molar-refractivity contribution is -0.206. The van der Waals surface area contributed by atoms with Crippen LogP contribution in [0.15, 0.2) is 28.8 Å². The normalized spacial score (nSPS) is 20.9. The van der Waals surface area contributed by atoms with Crippen LogP contribution in [0, 0.1) is 0 Å². The molecule has 1 aliphatic heterocycles. The summed E-state index contributed by atoms with van der Waals surface area (Å²) < 4.78 is 92.1. The molecule has 0 radical (unpaired) electrons. The molecule has 1 N–H and O–H groups in total. The minimum atomic E-state index is -5.07. The van der Waals surface area contributed by atoms with Gasteiger partial charge in [-0.15, -0.1) is 0 Å². The number of hydrogen-bond acceptors (Lipinski definition) is 7. The highest BCUT2D eigenvalue weighted by atomic mass is 19.4. The molecule has 0 spiro atoms. The number of rotatable bonds is 7. The van der Waals surface area contributed by atoms with Crippen LogP contribution in [0.3, 0.4) is 0 Å². The fraction of sp³-hybridized carbons (Fsp3) is 0.577. The number of carbonyl (C=O) groups excluding carboxylic acids is 2. The molecule has 2 heterocycles. The Bertz CT molecular complexity index is 1170. The van der Waals surface area contributed by atoms with E-state index in [1.165, 1.54) is 12.1 Å². The fourth-order valence-electron chi connectivity index (χ4n) is 4.97. The number of amides is 1. The first-order valence-electron chi connectivity index (χ1n) is 12.9. The summed E-state index contributed by atoms with van der Waals surface area (Å²) in [5.74, 6) is -2.65. The average molecular weight is 578 g/mol. The van der Waals surface area contributed by atoms with Crippen LogP contribution in [0.2, 0.25) is 0 Å². The van der Waals surface area contributed by atoms with Gasteiger partial charge in [0.25, 0.3) is 5.91 Å². The molecule has 8 nitrogen and oxygen atoms in total. The first-order chi connectivity index (χ1) is 18.8. The van der Waals surface area contributed by atoms with E-state index in [4.69, 9.17) is 9.26 Å². The van der Waals surface area contributed by atoms with Crippen molar-refractivity contribution in [3.05, 3.63) is 41.1 Å². The third kappa shape index (κ3) is 7.33. The largest absolute Gasteiger partial charge is 0.490 e. The van der Waals surface area contributed by atoms with Gasteiger partial charge in [-0.05, 0) is 57.7 Å². The van der Waals surface area contributed by atoms with Gasteiger partial charge in [0.05, 0.1) is 5.56 Å². The van der Waals surface area contributed by atoms with Crippen molar-refractivity contribution in [2.24, 2.45) is 0 Å². The SMILES string of the molecule is CN(Cc1c(C(=O)N[C@H]2CC[C@H](OC(=O)C(F)(F)F)CC2)noc1-c1ccc(C(F)(F)F)cc1)C1CCOCC1. The zero-order valence-electron chi connectivity index (χ0n) is 21.6. The second kappa shape index (κ2) is 12.2. The molecule has 1 saturated carbocycles. The summed E-state index contributed by atoms with van der Waals surface area (Å²) in [6.07, 6.45) is -8.11. The molecule has 1 aromatic heterocycles. The van der Waals surface area contributed by atoms with Crippen LogP contribution >= 0.6 is 0 Å². The number of aromatic nitrogens is 1. The topological polar surface area (TPSA) is 93.9 Å². The minimum Gasteiger partial charge on any atom is -0.456 e. The molecule has 1 amide bonds. The van der Waals surface area contributed by atoms with Crippen molar-refractivity contribution in [3.8, 4) is 11.3 Å². The van der Waals surface area contributed by atoms with E-state index in [9.17, 15) is 35.9 Å². The van der Waals surface area contributed by atoms with Gasteiger partial charge < -0.3 is 19.3 Å². The van der Waals surface area contributed by atoms with Crippen molar-refractivity contribution in [3.63, 3.8) is 0 Å². The molecule has 0 atom stereocenters. The lowest BCUT2D eigenvalue weighted by atomic mass is 9.92. The van der Waals surface area contributed by atoms with Gasteiger partial charge in [-0.2, -0.15) is 26.3 Å². The van der Waals surface area contributed by atoms with Gasteiger partial charge in [0.15, 0.2) is 11.5 Å². The van der Waals surface area contributed by atoms with E-state index in [1.54, 1.807) is 0 Å². The number of nitrogens with zero attached hydrogens (tertiary/aromatic N) is 2. The summed E-state index contributed by atoms with van der Waals surface area (Å²) in [6, 6.07) is 4.11. The van der Waals surface area contributed by atoms with Gasteiger partial charge in [0.2, 0.25) is 0 Å². The predicted molar refractivity (Wildman–Crippen MR) is 128 cm³/mol. The van der Waals surface area contributed by atoms with Crippen LogP contribution in [0.4, 0.5) is 26.3 Å². The first-order valence-corrected chi connectivity index (χ1v) is 12.9. The third-order valence-corrected chi connectivity index (χ3v) is 7.21. The number of nitrogens with one attached hydrogen (secondary N) is 1. The second-order valence-electron chi connectivity index (χ2n) is 10.0. The molecule has 40 heavy (non-hydrogen) atoms. The average Bonchev–Trinajstić information content (AvgIpc) is 3.32. The zero-order chi connectivity index (χ0) is 29.1. The van der Waals surface area contributed by atoms with Crippen molar-refractivity contribution >= 4 is 11.9 Å². The highest BCUT2D eigenvalue weighted by Gasteiger charge is 2.43. The molecule has 14 heteroatoms. The van der Waals surface area contributed by atoms with E-state index in [1.807, 2.05) is 11.9 Å². The Morgan fingerprint density at radius 2 is 1.62 bits per heavy atom. The van der Waals surface area contributed by atoms with Gasteiger partial charge >= 0.3 is 18.3 Å². The summed E-state index contributed by atoms with van der Waals surface area (Å²) in [4.78, 5) is 26.4. The molecular formula is C26H29F6N3O5. The quantitative estimate of drug-likeness (QED) is 0.361. The molecule has 2 fully saturated rings. The molecule has 4 rings (SSSR count). The van der Waals surface area contributed by atoms with Crippen LogP contribution in [0.5, 0.6) is 0 Å². The van der Waals surface area contributed by atoms with Crippen LogP contribution in [-0.4, -0.2) is 66.6 Å². The lowest BCUT2D eigenvalue weighted by Crippen LogP contribution is -2.41. The molecule has 2 aliphatic rings. The molecular weight excluding hydrogens is 548 g/mol. The van der Waals surface area contributed by atoms with Crippen LogP contribution in [0.1, 0.15) is 60.1 Å². The van der Waals surface area contributed by atoms with Crippen LogP contribution < -0.4 is 5.32 Å². The summed E-state index contributed by atoms with van der Waals surface area (Å²) >= 11 is 0. The van der Waals surface area contributed by atoms with Gasteiger partial charge in [-0.1, -0.05) is 17.3 Å². The van der Waals surface area contributed by atoms with E-state index in [2.05, 4.69) is 15.2 Å². The molecule has 1 aliphatic carbocycles. The fourth-order valence-corrected chi connectivity index (χ4v) is 4.97. The van der Waals surface area contributed by atoms with E-state index in [-0.39, 0.29) is 49.7 Å². The molecule has 0 bridgehead atoms. The van der Waals surface area contributed by atoms with E-state index in [0.717, 1.165) is 25.0 Å². The van der Waals surface area contributed by atoms with E-state index >= 15 is 0 Å². The van der Waals surface area contributed by atoms with Gasteiger partial charge in [-0.3, -0.25) is 9.69 Å². The Morgan fingerprint density at radius 1 is 1.00 bits per heavy atom. The third-order valence-electron chi connectivity index (χ3n) is 7.21. The highest BCUT2D eigenvalue weighted by Crippen LogP contribution is 2.34. The lowest BCUT2D eigenvalue weighted by Gasteiger charge is -2.31. The number of benzene rings is 1. The van der Waals surface area contributed by atoms with Crippen molar-refractivity contribution in [2.45, 2.75) is 75.6 Å². The number of carbonyl (C=O) groups is 2. The summed E-state index contributed by atoms with van der Waals surface area (Å²) in [7, 11) is 1.87. The smallest absolute Gasteiger partial charge is 0.456 e. The maximum atomic E-state index is 13.3. The molecule has 1 aromatic carbocycles. The summed E-state index contributed by atoms with van der Waals surface area (Å²) in [6.45, 7) is 1.39.